The molecule has 1 unspecified atom stereocenters. The van der Waals surface area contributed by atoms with Gasteiger partial charge in [0.25, 0.3) is 0 Å². The van der Waals surface area contributed by atoms with Crippen LogP contribution in [-0.4, -0.2) is 28.5 Å². The predicted octanol–water partition coefficient (Wildman–Crippen LogP) is 5.93. The van der Waals surface area contributed by atoms with Gasteiger partial charge in [0.05, 0.1) is 23.7 Å². The zero-order chi connectivity index (χ0) is 21.6. The summed E-state index contributed by atoms with van der Waals surface area (Å²) in [4.78, 5) is 11.2. The smallest absolute Gasteiger partial charge is 0.132 e. The van der Waals surface area contributed by atoms with Gasteiger partial charge in [-0.3, -0.25) is 0 Å². The first-order chi connectivity index (χ1) is 15.0. The van der Waals surface area contributed by atoms with E-state index in [0.717, 1.165) is 48.4 Å². The van der Waals surface area contributed by atoms with E-state index in [-0.39, 0.29) is 11.5 Å². The lowest BCUT2D eigenvalue weighted by atomic mass is 9.89. The van der Waals surface area contributed by atoms with Gasteiger partial charge in [-0.05, 0) is 93.1 Å². The topological polar surface area (TPSA) is 41.1 Å². The summed E-state index contributed by atoms with van der Waals surface area (Å²) < 4.78 is 5.43. The molecule has 2 atom stereocenters. The highest BCUT2D eigenvalue weighted by Crippen LogP contribution is 2.42. The van der Waals surface area contributed by atoms with Crippen LogP contribution in [0.4, 0.5) is 0 Å². The summed E-state index contributed by atoms with van der Waals surface area (Å²) in [5, 5.41) is 0. The van der Waals surface area contributed by atoms with Gasteiger partial charge in [0.1, 0.15) is 11.6 Å². The van der Waals surface area contributed by atoms with Crippen LogP contribution >= 0.6 is 0 Å². The molecule has 0 saturated carbocycles. The van der Waals surface area contributed by atoms with Gasteiger partial charge in [-0.2, -0.15) is 0 Å². The van der Waals surface area contributed by atoms with Crippen LogP contribution in [0.1, 0.15) is 54.6 Å². The van der Waals surface area contributed by atoms with Crippen molar-refractivity contribution < 1.29 is 4.74 Å². The zero-order valence-corrected chi connectivity index (χ0v) is 18.8. The average molecular weight is 413 g/mol. The second kappa shape index (κ2) is 7.60. The molecule has 0 amide bonds. The number of ether oxygens (including phenoxy) is 1. The van der Waals surface area contributed by atoms with E-state index in [2.05, 4.69) is 79.2 Å². The number of fused-ring (bicyclic) bond motifs is 1. The van der Waals surface area contributed by atoms with E-state index < -0.39 is 0 Å². The van der Waals surface area contributed by atoms with E-state index in [1.807, 2.05) is 6.07 Å². The lowest BCUT2D eigenvalue weighted by Gasteiger charge is -2.37. The van der Waals surface area contributed by atoms with Gasteiger partial charge in [-0.1, -0.05) is 18.2 Å². The monoisotopic (exact) mass is 412 g/mol. The lowest BCUT2D eigenvalue weighted by Crippen LogP contribution is -2.39. The fourth-order valence-electron chi connectivity index (χ4n) is 4.97. The maximum atomic E-state index is 5.43. The second-order valence-electron chi connectivity index (χ2n) is 9.06. The summed E-state index contributed by atoms with van der Waals surface area (Å²) in [6.07, 6.45) is 11.5. The first kappa shape index (κ1) is 19.9. The minimum absolute atomic E-state index is 0.163. The third kappa shape index (κ3) is 3.44. The molecule has 2 aliphatic rings. The fraction of sp³-hybridized carbons (Fsp3) is 0.370. The molecule has 1 saturated heterocycles. The van der Waals surface area contributed by atoms with E-state index in [9.17, 15) is 0 Å². The van der Waals surface area contributed by atoms with E-state index >= 15 is 0 Å². The Morgan fingerprint density at radius 2 is 2.03 bits per heavy atom. The lowest BCUT2D eigenvalue weighted by molar-refractivity contribution is 0.199. The zero-order valence-electron chi connectivity index (χ0n) is 18.8. The van der Waals surface area contributed by atoms with Gasteiger partial charge in [-0.25, -0.2) is 4.98 Å². The van der Waals surface area contributed by atoms with Gasteiger partial charge in [0, 0.05) is 18.2 Å². The second-order valence-corrected chi connectivity index (χ2v) is 9.06. The molecule has 0 spiro atoms. The highest BCUT2D eigenvalue weighted by atomic mass is 16.5. The number of likely N-dealkylation sites (tertiary alicyclic amines) is 1. The fourth-order valence-corrected chi connectivity index (χ4v) is 4.97. The van der Waals surface area contributed by atoms with Crippen molar-refractivity contribution in [1.82, 2.24) is 14.9 Å². The molecule has 3 aromatic rings. The Hall–Kier alpha value is -3.01. The maximum absolute atomic E-state index is 5.43. The van der Waals surface area contributed by atoms with Crippen molar-refractivity contribution in [3.8, 4) is 5.75 Å². The number of hydrogen-bond acceptors (Lipinski definition) is 3. The Bertz CT molecular complexity index is 1150. The van der Waals surface area contributed by atoms with Gasteiger partial charge in [0.2, 0.25) is 0 Å². The molecule has 1 aliphatic heterocycles. The Morgan fingerprint density at radius 3 is 2.87 bits per heavy atom. The van der Waals surface area contributed by atoms with Crippen LogP contribution in [0.25, 0.3) is 11.0 Å². The standard InChI is InChI=1S/C27H30N3O/c1-18-14-24-25(15-19(18)2)29-26(28-24)27(3)12-7-13-30(27)22-10-5-8-20(16-22)21-9-6-11-23(17-21)31-4/h5-6,9-11,14-15,17,20H,7-8,12-13H2,1-4H3,(H,28,29)/t20?,27-/m0/s1. The minimum Gasteiger partial charge on any atom is -0.497 e. The number of rotatable bonds is 4. The molecule has 0 bridgehead atoms. The molecular weight excluding hydrogens is 382 g/mol. The summed E-state index contributed by atoms with van der Waals surface area (Å²) in [6, 6.07) is 12.8. The van der Waals surface area contributed by atoms with Crippen molar-refractivity contribution in [3.63, 3.8) is 0 Å². The molecule has 1 radical (unpaired) electrons. The number of nitrogens with zero attached hydrogens (tertiary/aromatic N) is 2. The highest BCUT2D eigenvalue weighted by molar-refractivity contribution is 5.77. The third-order valence-corrected chi connectivity index (χ3v) is 7.01. The number of hydrogen-bond donors (Lipinski definition) is 1. The number of allylic oxidation sites excluding steroid dienone is 3. The molecule has 1 aromatic heterocycles. The molecule has 4 heteroatoms. The molecule has 1 fully saturated rings. The minimum atomic E-state index is -0.163. The van der Waals surface area contributed by atoms with Crippen molar-refractivity contribution in [1.29, 1.82) is 0 Å². The normalized spacial score (nSPS) is 23.4. The molecule has 4 nitrogen and oxygen atoms in total. The maximum Gasteiger partial charge on any atom is 0.132 e. The summed E-state index contributed by atoms with van der Waals surface area (Å²) >= 11 is 0. The van der Waals surface area contributed by atoms with Crippen molar-refractivity contribution in [2.24, 2.45) is 0 Å². The van der Waals surface area contributed by atoms with Crippen LogP contribution in [0.3, 0.4) is 0 Å². The summed E-state index contributed by atoms with van der Waals surface area (Å²) in [7, 11) is 1.72. The van der Waals surface area contributed by atoms with Crippen molar-refractivity contribution in [3.05, 3.63) is 82.8 Å². The Morgan fingerprint density at radius 1 is 1.19 bits per heavy atom. The first-order valence-electron chi connectivity index (χ1n) is 11.2. The predicted molar refractivity (Wildman–Crippen MR) is 125 cm³/mol. The Balaban J connectivity index is 1.50. The quantitative estimate of drug-likeness (QED) is 0.577. The Labute approximate surface area is 184 Å². The van der Waals surface area contributed by atoms with Crippen molar-refractivity contribution in [2.45, 2.75) is 51.5 Å². The van der Waals surface area contributed by atoms with E-state index in [1.54, 1.807) is 7.11 Å². The number of aryl methyl sites for hydroxylation is 2. The number of nitrogens with one attached hydrogen (secondary N) is 1. The number of benzene rings is 2. The van der Waals surface area contributed by atoms with Crippen LogP contribution in [0.5, 0.6) is 5.75 Å². The van der Waals surface area contributed by atoms with Gasteiger partial charge in [0.15, 0.2) is 0 Å². The summed E-state index contributed by atoms with van der Waals surface area (Å²) in [5.74, 6) is 2.19. The van der Waals surface area contributed by atoms with Gasteiger partial charge >= 0.3 is 0 Å². The first-order valence-corrected chi connectivity index (χ1v) is 11.2. The van der Waals surface area contributed by atoms with E-state index in [0.29, 0.717) is 0 Å². The number of H-pyrrole nitrogens is 1. The molecule has 1 aliphatic carbocycles. The van der Waals surface area contributed by atoms with Crippen LogP contribution in [0.2, 0.25) is 0 Å². The molecule has 1 N–H and O–H groups in total. The molecule has 2 aromatic carbocycles. The highest BCUT2D eigenvalue weighted by Gasteiger charge is 2.41. The third-order valence-electron chi connectivity index (χ3n) is 7.01. The van der Waals surface area contributed by atoms with E-state index in [1.165, 1.54) is 22.4 Å². The number of aromatic amines is 1. The number of imidazole rings is 1. The molecule has 2 heterocycles. The van der Waals surface area contributed by atoms with Crippen molar-refractivity contribution >= 4 is 11.0 Å². The largest absolute Gasteiger partial charge is 0.497 e. The van der Waals surface area contributed by atoms with E-state index in [4.69, 9.17) is 9.72 Å². The van der Waals surface area contributed by atoms with Crippen LogP contribution < -0.4 is 4.74 Å². The van der Waals surface area contributed by atoms with Gasteiger partial charge < -0.3 is 14.6 Å². The Kier molecular flexibility index (Phi) is 4.88. The van der Waals surface area contributed by atoms with Crippen molar-refractivity contribution in [2.75, 3.05) is 13.7 Å². The average Bonchev–Trinajstić information content (AvgIpc) is 3.38. The number of aromatic nitrogens is 2. The van der Waals surface area contributed by atoms with Gasteiger partial charge in [-0.15, -0.1) is 0 Å². The molecule has 5 rings (SSSR count). The molecule has 31 heavy (non-hydrogen) atoms. The van der Waals surface area contributed by atoms with Crippen LogP contribution in [0.15, 0.2) is 54.2 Å². The van der Waals surface area contributed by atoms with Crippen LogP contribution in [-0.2, 0) is 5.54 Å². The molecule has 159 valence electrons. The summed E-state index contributed by atoms with van der Waals surface area (Å²) in [6.45, 7) is 7.64. The number of methoxy groups -OCH3 is 1. The SMILES string of the molecule is COc1cccc(C2[C]=C(N3CCC[C@@]3(C)c3nc4cc(C)c(C)cc4[nH]3)C=CC2)c1. The van der Waals surface area contributed by atoms with Crippen LogP contribution in [0, 0.1) is 19.9 Å². The molecular formula is C27H30N3O. The summed E-state index contributed by atoms with van der Waals surface area (Å²) in [5.41, 5.74) is 7.01.